The third-order valence-corrected chi connectivity index (χ3v) is 6.03. The molecule has 3 rings (SSSR count). The van der Waals surface area contributed by atoms with E-state index in [1.807, 2.05) is 13.8 Å². The summed E-state index contributed by atoms with van der Waals surface area (Å²) in [6, 6.07) is 3.39. The van der Waals surface area contributed by atoms with E-state index in [4.69, 9.17) is 37.4 Å². The van der Waals surface area contributed by atoms with Crippen molar-refractivity contribution in [3.63, 3.8) is 0 Å². The number of ether oxygens (including phenoxy) is 3. The van der Waals surface area contributed by atoms with Gasteiger partial charge >= 0.3 is 5.97 Å². The lowest BCUT2D eigenvalue weighted by molar-refractivity contribution is 0.0605. The zero-order valence-electron chi connectivity index (χ0n) is 17.5. The van der Waals surface area contributed by atoms with Gasteiger partial charge in [0, 0.05) is 0 Å². The molecule has 0 aliphatic carbocycles. The zero-order chi connectivity index (χ0) is 22.9. The first-order chi connectivity index (χ1) is 14.7. The van der Waals surface area contributed by atoms with Gasteiger partial charge in [0.1, 0.15) is 9.71 Å². The van der Waals surface area contributed by atoms with E-state index in [-0.39, 0.29) is 17.0 Å². The van der Waals surface area contributed by atoms with Gasteiger partial charge < -0.3 is 19.2 Å². The summed E-state index contributed by atoms with van der Waals surface area (Å²) in [6.45, 7) is 5.45. The van der Waals surface area contributed by atoms with E-state index < -0.39 is 11.5 Å². The van der Waals surface area contributed by atoms with Crippen LogP contribution in [0.5, 0.6) is 11.5 Å². The van der Waals surface area contributed by atoms with Gasteiger partial charge in [-0.05, 0) is 50.1 Å². The molecule has 1 aromatic carbocycles. The highest BCUT2D eigenvalue weighted by atomic mass is 35.5. The number of esters is 1. The van der Waals surface area contributed by atoms with Gasteiger partial charge in [0.2, 0.25) is 0 Å². The summed E-state index contributed by atoms with van der Waals surface area (Å²) < 4.78 is 15.9. The van der Waals surface area contributed by atoms with Crippen LogP contribution in [-0.4, -0.2) is 36.3 Å². The van der Waals surface area contributed by atoms with Crippen molar-refractivity contribution in [1.82, 2.24) is 9.97 Å². The third kappa shape index (κ3) is 4.71. The molecule has 0 amide bonds. The highest BCUT2D eigenvalue weighted by Gasteiger charge is 2.20. The van der Waals surface area contributed by atoms with E-state index >= 15 is 0 Å². The number of nitrogens with one attached hydrogen (secondary N) is 1. The molecule has 7 nitrogen and oxygen atoms in total. The number of rotatable bonds is 6. The number of benzene rings is 1. The molecular weight excluding hydrogens is 463 g/mol. The zero-order valence-corrected chi connectivity index (χ0v) is 19.8. The summed E-state index contributed by atoms with van der Waals surface area (Å²) in [4.78, 5) is 32.3. The number of H-pyrrole nitrogens is 1. The number of methoxy groups -OCH3 is 2. The smallest absolute Gasteiger partial charge is 0.348 e. The molecule has 0 radical (unpaired) electrons. The second-order valence-electron chi connectivity index (χ2n) is 6.84. The summed E-state index contributed by atoms with van der Waals surface area (Å²) >= 11 is 13.9. The normalized spacial score (nSPS) is 11.8. The predicted molar refractivity (Wildman–Crippen MR) is 124 cm³/mol. The van der Waals surface area contributed by atoms with Crippen molar-refractivity contribution in [2.45, 2.75) is 26.9 Å². The van der Waals surface area contributed by atoms with E-state index in [0.717, 1.165) is 11.3 Å². The summed E-state index contributed by atoms with van der Waals surface area (Å²) in [7, 11) is 2.80. The number of carbonyl (C=O) groups excluding carboxylic acids is 1. The van der Waals surface area contributed by atoms with Crippen molar-refractivity contribution in [3.05, 3.63) is 49.3 Å². The van der Waals surface area contributed by atoms with Gasteiger partial charge in [-0.3, -0.25) is 4.79 Å². The predicted octanol–water partition coefficient (Wildman–Crippen LogP) is 5.27. The first-order valence-electron chi connectivity index (χ1n) is 9.19. The number of fused-ring (bicyclic) bond motifs is 1. The van der Waals surface area contributed by atoms with Crippen LogP contribution in [-0.2, 0) is 4.74 Å². The second-order valence-corrected chi connectivity index (χ2v) is 8.65. The first-order valence-corrected chi connectivity index (χ1v) is 10.8. The monoisotopic (exact) mass is 482 g/mol. The van der Waals surface area contributed by atoms with E-state index in [9.17, 15) is 9.59 Å². The Morgan fingerprint density at radius 2 is 2.00 bits per heavy atom. The number of carbonyl (C=O) groups is 1. The van der Waals surface area contributed by atoms with Crippen LogP contribution in [0.4, 0.5) is 0 Å². The molecule has 3 aromatic rings. The molecule has 164 valence electrons. The topological polar surface area (TPSA) is 90.5 Å². The molecule has 0 fully saturated rings. The molecule has 0 saturated carbocycles. The van der Waals surface area contributed by atoms with Crippen molar-refractivity contribution in [3.8, 4) is 11.5 Å². The fourth-order valence-corrected chi connectivity index (χ4v) is 4.51. The SMILES string of the molecule is COC(=O)c1sc2nc(/C(Cl)=C/c3cc(Cl)c(OC(C)C)c(OC)c3)[nH]c(=O)c2c1C. The Morgan fingerprint density at radius 1 is 1.29 bits per heavy atom. The maximum atomic E-state index is 12.6. The molecule has 0 unspecified atom stereocenters. The van der Waals surface area contributed by atoms with Gasteiger partial charge in [-0.25, -0.2) is 9.78 Å². The molecule has 2 heterocycles. The number of aromatic amines is 1. The molecule has 0 bridgehead atoms. The van der Waals surface area contributed by atoms with Crippen molar-refractivity contribution >= 4 is 61.8 Å². The molecule has 0 atom stereocenters. The maximum absolute atomic E-state index is 12.6. The number of aryl methyl sites for hydroxylation is 1. The highest BCUT2D eigenvalue weighted by molar-refractivity contribution is 7.20. The Bertz CT molecular complexity index is 1250. The molecule has 31 heavy (non-hydrogen) atoms. The number of hydrogen-bond acceptors (Lipinski definition) is 7. The van der Waals surface area contributed by atoms with E-state index in [1.54, 1.807) is 25.1 Å². The lowest BCUT2D eigenvalue weighted by Gasteiger charge is -2.15. The maximum Gasteiger partial charge on any atom is 0.348 e. The number of thiophene rings is 1. The van der Waals surface area contributed by atoms with Crippen LogP contribution >= 0.6 is 34.5 Å². The average Bonchev–Trinajstić information content (AvgIpc) is 3.05. The summed E-state index contributed by atoms with van der Waals surface area (Å²) in [5, 5.41) is 0.871. The van der Waals surface area contributed by atoms with E-state index in [2.05, 4.69) is 9.97 Å². The number of nitrogens with zero attached hydrogens (tertiary/aromatic N) is 1. The molecular formula is C21H20Cl2N2O5S. The van der Waals surface area contributed by atoms with Gasteiger partial charge in [0.15, 0.2) is 17.3 Å². The van der Waals surface area contributed by atoms with Gasteiger partial charge in [-0.2, -0.15) is 0 Å². The molecule has 2 aromatic heterocycles. The first kappa shape index (κ1) is 23.1. The summed E-state index contributed by atoms with van der Waals surface area (Å²) in [6.07, 6.45) is 1.52. The Balaban J connectivity index is 2.06. The fourth-order valence-electron chi connectivity index (χ4n) is 2.93. The van der Waals surface area contributed by atoms with E-state index in [1.165, 1.54) is 14.2 Å². The van der Waals surface area contributed by atoms with Gasteiger partial charge in [0.25, 0.3) is 5.56 Å². The minimum absolute atomic E-state index is 0.0819. The standard InChI is InChI=1S/C21H20Cl2N2O5S/c1-9(2)30-16-12(22)6-11(8-14(16)28-4)7-13(23)18-24-19(26)15-10(3)17(21(27)29-5)31-20(15)25-18/h6-9H,1-5H3,(H,24,25,26)/b13-7-. The lowest BCUT2D eigenvalue weighted by atomic mass is 10.1. The van der Waals surface area contributed by atoms with Crippen LogP contribution in [0.25, 0.3) is 21.3 Å². The van der Waals surface area contributed by atoms with Crippen LogP contribution in [0, 0.1) is 6.92 Å². The van der Waals surface area contributed by atoms with Crippen molar-refractivity contribution in [1.29, 1.82) is 0 Å². The molecule has 0 aliphatic rings. The van der Waals surface area contributed by atoms with Crippen molar-refractivity contribution < 1.29 is 19.0 Å². The van der Waals surface area contributed by atoms with Crippen LogP contribution in [0.1, 0.15) is 40.5 Å². The molecule has 10 heteroatoms. The Kier molecular flexibility index (Phi) is 6.93. The highest BCUT2D eigenvalue weighted by Crippen LogP contribution is 2.38. The molecule has 0 aliphatic heterocycles. The molecule has 1 N–H and O–H groups in total. The lowest BCUT2D eigenvalue weighted by Crippen LogP contribution is -2.10. The van der Waals surface area contributed by atoms with Crippen LogP contribution < -0.4 is 15.0 Å². The molecule has 0 saturated heterocycles. The Hall–Kier alpha value is -2.55. The number of hydrogen-bond donors (Lipinski definition) is 1. The van der Waals surface area contributed by atoms with Gasteiger partial charge in [0.05, 0.1) is 35.8 Å². The quantitative estimate of drug-likeness (QED) is 0.481. The Morgan fingerprint density at radius 3 is 2.61 bits per heavy atom. The van der Waals surface area contributed by atoms with Crippen LogP contribution in [0.2, 0.25) is 5.02 Å². The average molecular weight is 483 g/mol. The largest absolute Gasteiger partial charge is 0.493 e. The van der Waals surface area contributed by atoms with Crippen LogP contribution in [0.15, 0.2) is 16.9 Å². The summed E-state index contributed by atoms with van der Waals surface area (Å²) in [5.41, 5.74) is 0.750. The van der Waals surface area contributed by atoms with Crippen molar-refractivity contribution in [2.24, 2.45) is 0 Å². The van der Waals surface area contributed by atoms with E-state index in [0.29, 0.717) is 42.7 Å². The van der Waals surface area contributed by atoms with Crippen LogP contribution in [0.3, 0.4) is 0 Å². The van der Waals surface area contributed by atoms with Gasteiger partial charge in [-0.1, -0.05) is 23.2 Å². The third-order valence-electron chi connectivity index (χ3n) is 4.30. The number of halogens is 2. The Labute approximate surface area is 192 Å². The van der Waals surface area contributed by atoms with Gasteiger partial charge in [-0.15, -0.1) is 11.3 Å². The van der Waals surface area contributed by atoms with Crippen molar-refractivity contribution in [2.75, 3.05) is 14.2 Å². The minimum Gasteiger partial charge on any atom is -0.493 e. The molecule has 0 spiro atoms. The second kappa shape index (κ2) is 9.30. The fraction of sp³-hybridized carbons (Fsp3) is 0.286. The minimum atomic E-state index is -0.520. The number of aromatic nitrogens is 2. The summed E-state index contributed by atoms with van der Waals surface area (Å²) in [5.74, 6) is 0.526.